The molecule has 1 fully saturated rings. The summed E-state index contributed by atoms with van der Waals surface area (Å²) in [7, 11) is 0. The van der Waals surface area contributed by atoms with Gasteiger partial charge in [0.15, 0.2) is 0 Å². The fourth-order valence-electron chi connectivity index (χ4n) is 3.48. The minimum atomic E-state index is -0.955. The zero-order valence-electron chi connectivity index (χ0n) is 14.9. The molecule has 0 aliphatic heterocycles. The van der Waals surface area contributed by atoms with Crippen molar-refractivity contribution in [3.05, 3.63) is 64.8 Å². The SMILES string of the molecule is CC#Cc1ccc(C(=O)O)c2c1cnn2C(C)c1ccc(C2CC2)cc1. The zero-order valence-corrected chi connectivity index (χ0v) is 14.9. The van der Waals surface area contributed by atoms with E-state index < -0.39 is 5.97 Å². The fraction of sp³-hybridized carbons (Fsp3) is 0.273. The number of carbonyl (C=O) groups is 1. The first-order valence-electron chi connectivity index (χ1n) is 8.86. The molecule has 1 heterocycles. The Hall–Kier alpha value is -3.06. The van der Waals surface area contributed by atoms with E-state index >= 15 is 0 Å². The summed E-state index contributed by atoms with van der Waals surface area (Å²) >= 11 is 0. The summed E-state index contributed by atoms with van der Waals surface area (Å²) in [4.78, 5) is 11.7. The van der Waals surface area contributed by atoms with Crippen molar-refractivity contribution in [3.63, 3.8) is 0 Å². The maximum Gasteiger partial charge on any atom is 0.337 e. The van der Waals surface area contributed by atoms with Crippen molar-refractivity contribution < 1.29 is 9.90 Å². The minimum absolute atomic E-state index is 0.0660. The first-order valence-corrected chi connectivity index (χ1v) is 8.86. The summed E-state index contributed by atoms with van der Waals surface area (Å²) in [6.45, 7) is 3.81. The number of hydrogen-bond acceptors (Lipinski definition) is 2. The van der Waals surface area contributed by atoms with E-state index in [1.807, 2.05) is 6.92 Å². The number of benzene rings is 2. The Morgan fingerprint density at radius 1 is 1.23 bits per heavy atom. The zero-order chi connectivity index (χ0) is 18.3. The average Bonchev–Trinajstić information content (AvgIpc) is 3.40. The summed E-state index contributed by atoms with van der Waals surface area (Å²) in [6.07, 6.45) is 4.28. The number of aromatic nitrogens is 2. The van der Waals surface area contributed by atoms with Gasteiger partial charge in [0.05, 0.1) is 23.3 Å². The van der Waals surface area contributed by atoms with Crippen molar-refractivity contribution >= 4 is 16.9 Å². The molecule has 1 aromatic heterocycles. The monoisotopic (exact) mass is 344 g/mol. The van der Waals surface area contributed by atoms with Crippen LogP contribution in [0.15, 0.2) is 42.6 Å². The summed E-state index contributed by atoms with van der Waals surface area (Å²) in [5, 5.41) is 14.9. The van der Waals surface area contributed by atoms with Gasteiger partial charge in [0.25, 0.3) is 0 Å². The Labute approximate surface area is 152 Å². The van der Waals surface area contributed by atoms with Crippen LogP contribution in [0.25, 0.3) is 10.9 Å². The Morgan fingerprint density at radius 3 is 2.58 bits per heavy atom. The Bertz CT molecular complexity index is 1050. The molecule has 2 aromatic carbocycles. The van der Waals surface area contributed by atoms with Gasteiger partial charge in [0, 0.05) is 10.9 Å². The van der Waals surface area contributed by atoms with Crippen LogP contribution in [-0.2, 0) is 0 Å². The van der Waals surface area contributed by atoms with Crippen molar-refractivity contribution in [2.24, 2.45) is 0 Å². The minimum Gasteiger partial charge on any atom is -0.478 e. The molecule has 1 unspecified atom stereocenters. The maximum atomic E-state index is 11.7. The van der Waals surface area contributed by atoms with Crippen molar-refractivity contribution in [2.75, 3.05) is 0 Å². The van der Waals surface area contributed by atoms with Crippen LogP contribution in [0.2, 0.25) is 0 Å². The van der Waals surface area contributed by atoms with E-state index in [9.17, 15) is 9.90 Å². The molecule has 1 aliphatic rings. The van der Waals surface area contributed by atoms with E-state index in [0.717, 1.165) is 22.4 Å². The second-order valence-corrected chi connectivity index (χ2v) is 6.81. The molecule has 0 saturated heterocycles. The van der Waals surface area contributed by atoms with Gasteiger partial charge in [-0.15, -0.1) is 5.92 Å². The maximum absolute atomic E-state index is 11.7. The lowest BCUT2D eigenvalue weighted by atomic mass is 10.0. The van der Waals surface area contributed by atoms with Crippen LogP contribution >= 0.6 is 0 Å². The largest absolute Gasteiger partial charge is 0.478 e. The molecule has 130 valence electrons. The van der Waals surface area contributed by atoms with Gasteiger partial charge >= 0.3 is 5.97 Å². The van der Waals surface area contributed by atoms with E-state index in [1.54, 1.807) is 29.9 Å². The average molecular weight is 344 g/mol. The molecule has 4 heteroatoms. The molecule has 1 N–H and O–H groups in total. The Balaban J connectivity index is 1.82. The van der Waals surface area contributed by atoms with Crippen molar-refractivity contribution in [2.45, 2.75) is 38.6 Å². The van der Waals surface area contributed by atoms with Gasteiger partial charge in [-0.1, -0.05) is 30.2 Å². The van der Waals surface area contributed by atoms with Gasteiger partial charge < -0.3 is 5.11 Å². The first kappa shape index (κ1) is 16.4. The molecule has 0 amide bonds. The van der Waals surface area contributed by atoms with E-state index in [4.69, 9.17) is 0 Å². The first-order chi connectivity index (χ1) is 12.6. The molecule has 1 atom stereocenters. The highest BCUT2D eigenvalue weighted by Crippen LogP contribution is 2.40. The lowest BCUT2D eigenvalue weighted by molar-refractivity contribution is 0.0698. The number of rotatable bonds is 4. The molecule has 4 nitrogen and oxygen atoms in total. The molecule has 26 heavy (non-hydrogen) atoms. The number of aromatic carboxylic acids is 1. The highest BCUT2D eigenvalue weighted by atomic mass is 16.4. The predicted molar refractivity (Wildman–Crippen MR) is 101 cm³/mol. The van der Waals surface area contributed by atoms with Crippen LogP contribution in [0.3, 0.4) is 0 Å². The number of nitrogens with zero attached hydrogens (tertiary/aromatic N) is 2. The fourth-order valence-corrected chi connectivity index (χ4v) is 3.48. The van der Waals surface area contributed by atoms with Gasteiger partial charge in [0.2, 0.25) is 0 Å². The summed E-state index contributed by atoms with van der Waals surface area (Å²) in [5.74, 6) is 5.69. The van der Waals surface area contributed by atoms with Gasteiger partial charge in [0.1, 0.15) is 0 Å². The van der Waals surface area contributed by atoms with E-state index in [1.165, 1.54) is 18.4 Å². The third-order valence-electron chi connectivity index (χ3n) is 5.08. The van der Waals surface area contributed by atoms with Crippen LogP contribution in [-0.4, -0.2) is 20.9 Å². The van der Waals surface area contributed by atoms with Crippen LogP contribution in [0, 0.1) is 11.8 Å². The summed E-state index contributed by atoms with van der Waals surface area (Å²) in [6, 6.07) is 11.9. The lowest BCUT2D eigenvalue weighted by Crippen LogP contribution is -2.11. The second kappa shape index (κ2) is 6.34. The number of hydrogen-bond donors (Lipinski definition) is 1. The molecule has 0 bridgehead atoms. The predicted octanol–water partition coefficient (Wildman–Crippen LogP) is 4.59. The van der Waals surface area contributed by atoms with E-state index in [2.05, 4.69) is 41.2 Å². The number of carboxylic acids is 1. The quantitative estimate of drug-likeness (QED) is 0.704. The third kappa shape index (κ3) is 2.76. The molecule has 4 rings (SSSR count). The van der Waals surface area contributed by atoms with Crippen molar-refractivity contribution in [1.82, 2.24) is 9.78 Å². The molecule has 3 aromatic rings. The van der Waals surface area contributed by atoms with Crippen molar-refractivity contribution in [3.8, 4) is 11.8 Å². The van der Waals surface area contributed by atoms with Gasteiger partial charge in [-0.05, 0) is 55.9 Å². The summed E-state index contributed by atoms with van der Waals surface area (Å²) < 4.78 is 1.80. The Kier molecular flexibility index (Phi) is 4.00. The van der Waals surface area contributed by atoms with Gasteiger partial charge in [-0.3, -0.25) is 4.68 Å². The molecule has 0 radical (unpaired) electrons. The molecule has 1 aliphatic carbocycles. The normalized spacial score (nSPS) is 14.7. The van der Waals surface area contributed by atoms with Crippen LogP contribution in [0.5, 0.6) is 0 Å². The Morgan fingerprint density at radius 2 is 1.96 bits per heavy atom. The second-order valence-electron chi connectivity index (χ2n) is 6.81. The van der Waals surface area contributed by atoms with Crippen molar-refractivity contribution in [1.29, 1.82) is 0 Å². The van der Waals surface area contributed by atoms with Crippen LogP contribution in [0.1, 0.15) is 65.7 Å². The van der Waals surface area contributed by atoms with E-state index in [0.29, 0.717) is 5.52 Å². The molecular formula is C22H20N2O2. The molecule has 0 spiro atoms. The summed E-state index contributed by atoms with van der Waals surface area (Å²) in [5.41, 5.74) is 4.17. The third-order valence-corrected chi connectivity index (χ3v) is 5.08. The smallest absolute Gasteiger partial charge is 0.337 e. The topological polar surface area (TPSA) is 55.1 Å². The number of fused-ring (bicyclic) bond motifs is 1. The highest BCUT2D eigenvalue weighted by molar-refractivity contribution is 6.03. The van der Waals surface area contributed by atoms with Crippen LogP contribution in [0.4, 0.5) is 0 Å². The standard InChI is InChI=1S/C22H20N2O2/c1-3-4-18-11-12-19(22(25)26)21-20(18)13-23-24(21)14(2)15-5-7-16(8-6-15)17-9-10-17/h5-8,11-14,17H,9-10H2,1-2H3,(H,25,26). The van der Waals surface area contributed by atoms with Gasteiger partial charge in [-0.2, -0.15) is 5.10 Å². The lowest BCUT2D eigenvalue weighted by Gasteiger charge is -2.16. The van der Waals surface area contributed by atoms with Crippen LogP contribution < -0.4 is 0 Å². The van der Waals surface area contributed by atoms with E-state index in [-0.39, 0.29) is 11.6 Å². The number of carboxylic acid groups (broad SMARTS) is 1. The van der Waals surface area contributed by atoms with Gasteiger partial charge in [-0.25, -0.2) is 4.79 Å². The molecular weight excluding hydrogens is 324 g/mol. The highest BCUT2D eigenvalue weighted by Gasteiger charge is 2.24. The molecule has 1 saturated carbocycles.